The summed E-state index contributed by atoms with van der Waals surface area (Å²) in [4.78, 5) is 26.8. The molecule has 3 N–H and O–H groups in total. The number of benzene rings is 2. The molecule has 7 heteroatoms. The minimum Gasteiger partial charge on any atom is -0.431 e. The number of aromatic nitrogens is 1. The van der Waals surface area contributed by atoms with E-state index in [1.807, 2.05) is 66.0 Å². The molecule has 6 nitrogen and oxygen atoms in total. The number of primary amides is 1. The van der Waals surface area contributed by atoms with Crippen molar-refractivity contribution in [1.82, 2.24) is 10.3 Å². The molecule has 0 atom stereocenters. The van der Waals surface area contributed by atoms with Gasteiger partial charge in [-0.1, -0.05) is 72.4 Å². The number of oxazole rings is 1. The zero-order valence-corrected chi connectivity index (χ0v) is 14.0. The molecule has 0 saturated carbocycles. The molecule has 0 aliphatic rings. The molecule has 1 aromatic heterocycles. The molecule has 0 aliphatic carbocycles. The van der Waals surface area contributed by atoms with Crippen LogP contribution in [-0.2, 0) is 4.79 Å². The Hall–Kier alpha value is -3.06. The largest absolute Gasteiger partial charge is 0.431 e. The summed E-state index contributed by atoms with van der Waals surface area (Å²) >= 11 is 1.10. The van der Waals surface area contributed by atoms with Gasteiger partial charge in [0.25, 0.3) is 5.22 Å². The lowest BCUT2D eigenvalue weighted by atomic mass is 10.1. The summed E-state index contributed by atoms with van der Waals surface area (Å²) in [5, 5.41) is 2.35. The maximum atomic E-state index is 11.6. The van der Waals surface area contributed by atoms with Crippen molar-refractivity contribution in [3.63, 3.8) is 0 Å². The molecule has 3 rings (SSSR count). The first-order valence-corrected chi connectivity index (χ1v) is 8.46. The van der Waals surface area contributed by atoms with Gasteiger partial charge in [0.2, 0.25) is 5.91 Å². The lowest BCUT2D eigenvalue weighted by molar-refractivity contribution is -0.117. The first-order valence-electron chi connectivity index (χ1n) is 7.47. The molecular formula is C18H15N3O3S. The molecule has 0 bridgehead atoms. The van der Waals surface area contributed by atoms with E-state index >= 15 is 0 Å². The van der Waals surface area contributed by atoms with Crippen molar-refractivity contribution in [3.8, 4) is 22.6 Å². The molecule has 126 valence electrons. The van der Waals surface area contributed by atoms with Crippen LogP contribution in [0.5, 0.6) is 0 Å². The Bertz CT molecular complexity index is 822. The number of nitrogens with one attached hydrogen (secondary N) is 1. The fourth-order valence-corrected chi connectivity index (χ4v) is 2.86. The second kappa shape index (κ2) is 7.67. The minimum atomic E-state index is -0.882. The molecule has 25 heavy (non-hydrogen) atoms. The SMILES string of the molecule is NC(=O)NC(=O)CSc1nc(-c2ccccc2)c(-c2ccccc2)o1. The summed E-state index contributed by atoms with van der Waals surface area (Å²) in [5.74, 6) is 0.106. The van der Waals surface area contributed by atoms with Crippen molar-refractivity contribution in [1.29, 1.82) is 0 Å². The maximum absolute atomic E-state index is 11.6. The number of hydrogen-bond acceptors (Lipinski definition) is 5. The van der Waals surface area contributed by atoms with Crippen LogP contribution in [0.15, 0.2) is 70.3 Å². The summed E-state index contributed by atoms with van der Waals surface area (Å²) < 4.78 is 5.87. The molecule has 0 fully saturated rings. The summed E-state index contributed by atoms with van der Waals surface area (Å²) in [6.45, 7) is 0. The Balaban J connectivity index is 1.90. The number of amides is 3. The van der Waals surface area contributed by atoms with E-state index in [9.17, 15) is 9.59 Å². The van der Waals surface area contributed by atoms with Crippen molar-refractivity contribution in [2.75, 3.05) is 5.75 Å². The van der Waals surface area contributed by atoms with Gasteiger partial charge in [-0.05, 0) is 0 Å². The van der Waals surface area contributed by atoms with Gasteiger partial charge in [0.1, 0.15) is 5.69 Å². The lowest BCUT2D eigenvalue weighted by Crippen LogP contribution is -2.36. The van der Waals surface area contributed by atoms with Crippen LogP contribution in [0.1, 0.15) is 0 Å². The van der Waals surface area contributed by atoms with E-state index in [-0.39, 0.29) is 5.75 Å². The molecule has 0 unspecified atom stereocenters. The number of rotatable bonds is 5. The Morgan fingerprint density at radius 3 is 2.20 bits per heavy atom. The topological polar surface area (TPSA) is 98.2 Å². The Labute approximate surface area is 148 Å². The van der Waals surface area contributed by atoms with Crippen LogP contribution in [-0.4, -0.2) is 22.7 Å². The molecule has 2 aromatic carbocycles. The molecule has 0 aliphatic heterocycles. The standard InChI is InChI=1S/C18H15N3O3S/c19-17(23)20-14(22)11-25-18-21-15(12-7-3-1-4-8-12)16(24-18)13-9-5-2-6-10-13/h1-10H,11H2,(H3,19,20,22,23). The van der Waals surface area contributed by atoms with Gasteiger partial charge >= 0.3 is 6.03 Å². The number of urea groups is 1. The van der Waals surface area contributed by atoms with Crippen LogP contribution in [0, 0.1) is 0 Å². The number of hydrogen-bond donors (Lipinski definition) is 2. The summed E-state index contributed by atoms with van der Waals surface area (Å²) in [6.07, 6.45) is 0. The summed E-state index contributed by atoms with van der Waals surface area (Å²) in [7, 11) is 0. The number of nitrogens with zero attached hydrogens (tertiary/aromatic N) is 1. The predicted octanol–water partition coefficient (Wildman–Crippen LogP) is 3.30. The van der Waals surface area contributed by atoms with Crippen molar-refractivity contribution < 1.29 is 14.0 Å². The van der Waals surface area contributed by atoms with Gasteiger partial charge < -0.3 is 10.2 Å². The molecular weight excluding hydrogens is 338 g/mol. The van der Waals surface area contributed by atoms with E-state index in [1.54, 1.807) is 0 Å². The van der Waals surface area contributed by atoms with E-state index in [0.717, 1.165) is 22.9 Å². The average Bonchev–Trinajstić information content (AvgIpc) is 3.05. The summed E-state index contributed by atoms with van der Waals surface area (Å²) in [6, 6.07) is 18.4. The average molecular weight is 353 g/mol. The third kappa shape index (κ3) is 4.27. The number of thioether (sulfide) groups is 1. The van der Waals surface area contributed by atoms with Gasteiger partial charge in [0.05, 0.1) is 5.75 Å². The number of imide groups is 1. The smallest absolute Gasteiger partial charge is 0.318 e. The van der Waals surface area contributed by atoms with Crippen LogP contribution in [0.25, 0.3) is 22.6 Å². The second-order valence-electron chi connectivity index (χ2n) is 5.09. The monoisotopic (exact) mass is 353 g/mol. The summed E-state index contributed by atoms with van der Waals surface area (Å²) in [5.41, 5.74) is 7.43. The normalized spacial score (nSPS) is 10.4. The molecule has 0 radical (unpaired) electrons. The van der Waals surface area contributed by atoms with E-state index in [1.165, 1.54) is 0 Å². The molecule has 3 amide bonds. The third-order valence-electron chi connectivity index (χ3n) is 3.28. The van der Waals surface area contributed by atoms with Gasteiger partial charge in [0, 0.05) is 11.1 Å². The minimum absolute atomic E-state index is 0.0219. The number of nitrogens with two attached hydrogens (primary N) is 1. The zero-order chi connectivity index (χ0) is 17.6. The van der Waals surface area contributed by atoms with Crippen LogP contribution >= 0.6 is 11.8 Å². The predicted molar refractivity (Wildman–Crippen MR) is 95.8 cm³/mol. The van der Waals surface area contributed by atoms with Crippen molar-refractivity contribution >= 4 is 23.7 Å². The molecule has 1 heterocycles. The highest BCUT2D eigenvalue weighted by molar-refractivity contribution is 7.99. The van der Waals surface area contributed by atoms with Gasteiger partial charge in [-0.2, -0.15) is 0 Å². The van der Waals surface area contributed by atoms with E-state index in [2.05, 4.69) is 4.98 Å². The highest BCUT2D eigenvalue weighted by Gasteiger charge is 2.18. The van der Waals surface area contributed by atoms with E-state index in [0.29, 0.717) is 16.7 Å². The molecule has 0 saturated heterocycles. The van der Waals surface area contributed by atoms with Crippen molar-refractivity contribution in [2.45, 2.75) is 5.22 Å². The number of carbonyl (C=O) groups is 2. The lowest BCUT2D eigenvalue weighted by Gasteiger charge is -2.00. The fourth-order valence-electron chi connectivity index (χ4n) is 2.24. The van der Waals surface area contributed by atoms with Gasteiger partial charge in [-0.3, -0.25) is 10.1 Å². The second-order valence-corrected chi connectivity index (χ2v) is 6.02. The van der Waals surface area contributed by atoms with Crippen LogP contribution in [0.4, 0.5) is 4.79 Å². The van der Waals surface area contributed by atoms with Crippen molar-refractivity contribution in [3.05, 3.63) is 60.7 Å². The zero-order valence-electron chi connectivity index (χ0n) is 13.1. The third-order valence-corrected chi connectivity index (χ3v) is 4.11. The van der Waals surface area contributed by atoms with Gasteiger partial charge in [0.15, 0.2) is 5.76 Å². The first-order chi connectivity index (χ1) is 12.1. The number of carbonyl (C=O) groups excluding carboxylic acids is 2. The van der Waals surface area contributed by atoms with E-state index < -0.39 is 11.9 Å². The Kier molecular flexibility index (Phi) is 5.15. The highest BCUT2D eigenvalue weighted by atomic mass is 32.2. The van der Waals surface area contributed by atoms with Crippen LogP contribution < -0.4 is 11.1 Å². The van der Waals surface area contributed by atoms with Crippen LogP contribution in [0.3, 0.4) is 0 Å². The Morgan fingerprint density at radius 2 is 1.60 bits per heavy atom. The molecule has 3 aromatic rings. The van der Waals surface area contributed by atoms with Gasteiger partial charge in [-0.25, -0.2) is 9.78 Å². The van der Waals surface area contributed by atoms with E-state index in [4.69, 9.17) is 10.2 Å². The van der Waals surface area contributed by atoms with Crippen molar-refractivity contribution in [2.24, 2.45) is 5.73 Å². The Morgan fingerprint density at radius 1 is 1.00 bits per heavy atom. The first kappa shape index (κ1) is 16.8. The molecule has 0 spiro atoms. The fraction of sp³-hybridized carbons (Fsp3) is 0.0556. The van der Waals surface area contributed by atoms with Gasteiger partial charge in [-0.15, -0.1) is 0 Å². The maximum Gasteiger partial charge on any atom is 0.318 e. The highest BCUT2D eigenvalue weighted by Crippen LogP contribution is 2.35. The van der Waals surface area contributed by atoms with Crippen LogP contribution in [0.2, 0.25) is 0 Å². The quantitative estimate of drug-likeness (QED) is 0.686.